The molecule has 1 atom stereocenters. The molecule has 1 unspecified atom stereocenters. The van der Waals surface area contributed by atoms with Crippen molar-refractivity contribution in [2.75, 3.05) is 12.4 Å². The first-order chi connectivity index (χ1) is 8.24. The fraction of sp³-hybridized carbons (Fsp3) is 0.308. The lowest BCUT2D eigenvalue weighted by Gasteiger charge is -2.15. The van der Waals surface area contributed by atoms with E-state index in [4.69, 9.17) is 4.74 Å². The van der Waals surface area contributed by atoms with Crippen LogP contribution in [0.5, 0.6) is 0 Å². The normalized spacial score (nSPS) is 12.4. The van der Waals surface area contributed by atoms with E-state index < -0.39 is 0 Å². The van der Waals surface area contributed by atoms with Crippen LogP contribution in [0.25, 0.3) is 10.9 Å². The maximum Gasteiger partial charge on any atom is 0.328 e. The number of benzene rings is 1. The molecule has 4 nitrogen and oxygen atoms in total. The number of aromatic amines is 1. The highest BCUT2D eigenvalue weighted by Gasteiger charge is 2.16. The van der Waals surface area contributed by atoms with Gasteiger partial charge in [0.15, 0.2) is 0 Å². The Kier molecular flexibility index (Phi) is 3.32. The zero-order valence-corrected chi connectivity index (χ0v) is 9.99. The molecule has 2 rings (SSSR count). The van der Waals surface area contributed by atoms with Crippen molar-refractivity contribution in [1.82, 2.24) is 4.98 Å². The molecule has 0 aliphatic heterocycles. The first kappa shape index (κ1) is 11.5. The van der Waals surface area contributed by atoms with Gasteiger partial charge in [0.25, 0.3) is 0 Å². The molecule has 1 aromatic carbocycles. The third kappa shape index (κ3) is 2.41. The lowest BCUT2D eigenvalue weighted by molar-refractivity contribution is -0.141. The molecule has 0 saturated heterocycles. The summed E-state index contributed by atoms with van der Waals surface area (Å²) >= 11 is 0. The molecular weight excluding hydrogens is 216 g/mol. The van der Waals surface area contributed by atoms with Gasteiger partial charge in [-0.25, -0.2) is 4.79 Å². The van der Waals surface area contributed by atoms with Gasteiger partial charge in [0.1, 0.15) is 6.04 Å². The standard InChI is InChI=1S/C13H16N2O2/c1-3-11(13(16)17-2)15-10-4-5-12-9(8-10)6-7-14-12/h4-8,11,14-15H,3H2,1-2H3. The summed E-state index contributed by atoms with van der Waals surface area (Å²) in [6, 6.07) is 7.65. The van der Waals surface area contributed by atoms with E-state index in [1.165, 1.54) is 7.11 Å². The average Bonchev–Trinajstić information content (AvgIpc) is 2.82. The Bertz CT molecular complexity index is 519. The Morgan fingerprint density at radius 3 is 3.00 bits per heavy atom. The number of rotatable bonds is 4. The minimum atomic E-state index is -0.295. The molecule has 1 aromatic heterocycles. The molecule has 0 fully saturated rings. The van der Waals surface area contributed by atoms with E-state index in [0.717, 1.165) is 16.6 Å². The summed E-state index contributed by atoms with van der Waals surface area (Å²) in [5.74, 6) is -0.235. The van der Waals surface area contributed by atoms with Crippen molar-refractivity contribution in [3.05, 3.63) is 30.5 Å². The molecule has 2 N–H and O–H groups in total. The van der Waals surface area contributed by atoms with E-state index in [1.54, 1.807) is 0 Å². The second-order valence-electron chi connectivity index (χ2n) is 3.91. The molecule has 4 heteroatoms. The van der Waals surface area contributed by atoms with Gasteiger partial charge in [-0.15, -0.1) is 0 Å². The van der Waals surface area contributed by atoms with Crippen LogP contribution in [0.15, 0.2) is 30.5 Å². The predicted octanol–water partition coefficient (Wildman–Crippen LogP) is 2.53. The minimum absolute atomic E-state index is 0.235. The van der Waals surface area contributed by atoms with Crippen molar-refractivity contribution in [2.45, 2.75) is 19.4 Å². The first-order valence-corrected chi connectivity index (χ1v) is 5.66. The zero-order chi connectivity index (χ0) is 12.3. The van der Waals surface area contributed by atoms with Crippen LogP contribution in [-0.2, 0) is 9.53 Å². The number of aromatic nitrogens is 1. The van der Waals surface area contributed by atoms with Crippen molar-refractivity contribution in [2.24, 2.45) is 0 Å². The van der Waals surface area contributed by atoms with Crippen LogP contribution in [0.4, 0.5) is 5.69 Å². The molecule has 0 saturated carbocycles. The summed E-state index contributed by atoms with van der Waals surface area (Å²) in [5, 5.41) is 4.29. The van der Waals surface area contributed by atoms with Crippen LogP contribution < -0.4 is 5.32 Å². The lowest BCUT2D eigenvalue weighted by atomic mass is 10.2. The van der Waals surface area contributed by atoms with Gasteiger partial charge in [-0.3, -0.25) is 0 Å². The number of H-pyrrole nitrogens is 1. The maximum atomic E-state index is 11.5. The fourth-order valence-electron chi connectivity index (χ4n) is 1.81. The van der Waals surface area contributed by atoms with E-state index in [-0.39, 0.29) is 12.0 Å². The number of ether oxygens (including phenoxy) is 1. The second kappa shape index (κ2) is 4.91. The van der Waals surface area contributed by atoms with Crippen molar-refractivity contribution in [1.29, 1.82) is 0 Å². The highest BCUT2D eigenvalue weighted by molar-refractivity contribution is 5.85. The van der Waals surface area contributed by atoms with Gasteiger partial charge < -0.3 is 15.0 Å². The molecule has 0 spiro atoms. The van der Waals surface area contributed by atoms with Crippen LogP contribution >= 0.6 is 0 Å². The molecule has 0 aliphatic rings. The second-order valence-corrected chi connectivity index (χ2v) is 3.91. The highest BCUT2D eigenvalue weighted by Crippen LogP contribution is 2.19. The van der Waals surface area contributed by atoms with Crippen LogP contribution in [0, 0.1) is 0 Å². The van der Waals surface area contributed by atoms with E-state index in [9.17, 15) is 4.79 Å². The van der Waals surface area contributed by atoms with E-state index in [2.05, 4.69) is 10.3 Å². The predicted molar refractivity (Wildman–Crippen MR) is 68.0 cm³/mol. The fourth-order valence-corrected chi connectivity index (χ4v) is 1.81. The van der Waals surface area contributed by atoms with E-state index in [0.29, 0.717) is 6.42 Å². The molecule has 2 aromatic rings. The summed E-state index contributed by atoms with van der Waals surface area (Å²) in [4.78, 5) is 14.6. The lowest BCUT2D eigenvalue weighted by Crippen LogP contribution is -2.29. The molecule has 90 valence electrons. The van der Waals surface area contributed by atoms with Gasteiger partial charge in [-0.2, -0.15) is 0 Å². The number of anilines is 1. The third-order valence-electron chi connectivity index (χ3n) is 2.79. The summed E-state index contributed by atoms with van der Waals surface area (Å²) in [7, 11) is 1.40. The molecule has 1 heterocycles. The Morgan fingerprint density at radius 1 is 1.47 bits per heavy atom. The molecule has 0 aliphatic carbocycles. The molecule has 17 heavy (non-hydrogen) atoms. The number of fused-ring (bicyclic) bond motifs is 1. The number of carbonyl (C=O) groups is 1. The van der Waals surface area contributed by atoms with Crippen LogP contribution in [-0.4, -0.2) is 24.1 Å². The summed E-state index contributed by atoms with van der Waals surface area (Å²) < 4.78 is 4.74. The number of carbonyl (C=O) groups excluding carboxylic acids is 1. The largest absolute Gasteiger partial charge is 0.467 e. The molecule has 0 amide bonds. The Morgan fingerprint density at radius 2 is 2.29 bits per heavy atom. The van der Waals surface area contributed by atoms with Crippen LogP contribution in [0.3, 0.4) is 0 Å². The SMILES string of the molecule is CCC(Nc1ccc2[nH]ccc2c1)C(=O)OC. The van der Waals surface area contributed by atoms with E-state index >= 15 is 0 Å². The Hall–Kier alpha value is -1.97. The molecular formula is C13H16N2O2. The summed E-state index contributed by atoms with van der Waals surface area (Å²) in [6.07, 6.45) is 2.59. The van der Waals surface area contributed by atoms with Gasteiger partial charge >= 0.3 is 5.97 Å². The van der Waals surface area contributed by atoms with Crippen LogP contribution in [0.2, 0.25) is 0 Å². The van der Waals surface area contributed by atoms with Crippen molar-refractivity contribution >= 4 is 22.6 Å². The Balaban J connectivity index is 2.18. The first-order valence-electron chi connectivity index (χ1n) is 5.66. The van der Waals surface area contributed by atoms with Crippen LogP contribution in [0.1, 0.15) is 13.3 Å². The Labute approximate surface area is 100.0 Å². The smallest absolute Gasteiger partial charge is 0.328 e. The average molecular weight is 232 g/mol. The highest BCUT2D eigenvalue weighted by atomic mass is 16.5. The molecule has 0 radical (unpaired) electrons. The van der Waals surface area contributed by atoms with Gasteiger partial charge in [0.05, 0.1) is 7.11 Å². The summed E-state index contributed by atoms with van der Waals surface area (Å²) in [6.45, 7) is 1.95. The van der Waals surface area contributed by atoms with Crippen molar-refractivity contribution in [3.8, 4) is 0 Å². The van der Waals surface area contributed by atoms with Gasteiger partial charge in [-0.05, 0) is 30.7 Å². The number of esters is 1. The minimum Gasteiger partial charge on any atom is -0.467 e. The topological polar surface area (TPSA) is 54.1 Å². The van der Waals surface area contributed by atoms with Crippen molar-refractivity contribution < 1.29 is 9.53 Å². The van der Waals surface area contributed by atoms with Crippen molar-refractivity contribution in [3.63, 3.8) is 0 Å². The van der Waals surface area contributed by atoms with Gasteiger partial charge in [0.2, 0.25) is 0 Å². The van der Waals surface area contributed by atoms with Gasteiger partial charge in [0, 0.05) is 22.8 Å². The van der Waals surface area contributed by atoms with Gasteiger partial charge in [-0.1, -0.05) is 6.92 Å². The summed E-state index contributed by atoms with van der Waals surface area (Å²) in [5.41, 5.74) is 2.01. The number of methoxy groups -OCH3 is 1. The number of hydrogen-bond acceptors (Lipinski definition) is 3. The van der Waals surface area contributed by atoms with E-state index in [1.807, 2.05) is 37.4 Å². The molecule has 0 bridgehead atoms. The maximum absolute atomic E-state index is 11.5. The zero-order valence-electron chi connectivity index (χ0n) is 9.99. The monoisotopic (exact) mass is 232 g/mol. The third-order valence-corrected chi connectivity index (χ3v) is 2.79. The number of nitrogens with one attached hydrogen (secondary N) is 2. The quantitative estimate of drug-likeness (QED) is 0.796. The number of hydrogen-bond donors (Lipinski definition) is 2.